The van der Waals surface area contributed by atoms with Crippen LogP contribution < -0.4 is 10.1 Å². The lowest BCUT2D eigenvalue weighted by Gasteiger charge is -2.22. The maximum absolute atomic E-state index is 12.7. The second-order valence-electron chi connectivity index (χ2n) is 6.97. The second kappa shape index (κ2) is 8.71. The van der Waals surface area contributed by atoms with E-state index in [4.69, 9.17) is 20.8 Å². The lowest BCUT2D eigenvalue weighted by atomic mass is 10.3. The van der Waals surface area contributed by atoms with Crippen LogP contribution in [0.4, 0.5) is 10.5 Å². The Labute approximate surface area is 174 Å². The zero-order valence-electron chi connectivity index (χ0n) is 16.2. The molecule has 4 rings (SSSR count). The van der Waals surface area contributed by atoms with Gasteiger partial charge in [-0.3, -0.25) is 4.90 Å². The molecular formula is C21H23ClN4O3. The molecule has 0 atom stereocenters. The zero-order valence-corrected chi connectivity index (χ0v) is 17.0. The maximum atomic E-state index is 12.7. The molecule has 0 aliphatic carbocycles. The third kappa shape index (κ3) is 4.63. The Morgan fingerprint density at radius 1 is 1.21 bits per heavy atom. The molecule has 2 heterocycles. The van der Waals surface area contributed by atoms with Gasteiger partial charge in [-0.25, -0.2) is 9.78 Å². The molecule has 7 nitrogen and oxygen atoms in total. The summed E-state index contributed by atoms with van der Waals surface area (Å²) in [5, 5.41) is 3.59. The largest absolute Gasteiger partial charge is 0.495 e. The molecule has 8 heteroatoms. The van der Waals surface area contributed by atoms with Crippen molar-refractivity contribution >= 4 is 34.4 Å². The third-order valence-electron chi connectivity index (χ3n) is 4.98. The van der Waals surface area contributed by atoms with Crippen molar-refractivity contribution in [3.8, 4) is 5.75 Å². The van der Waals surface area contributed by atoms with Gasteiger partial charge in [0, 0.05) is 31.2 Å². The molecule has 2 amide bonds. The van der Waals surface area contributed by atoms with E-state index >= 15 is 0 Å². The van der Waals surface area contributed by atoms with Gasteiger partial charge in [-0.1, -0.05) is 23.7 Å². The first-order valence-electron chi connectivity index (χ1n) is 9.58. The minimum Gasteiger partial charge on any atom is -0.495 e. The molecule has 0 spiro atoms. The highest BCUT2D eigenvalue weighted by Crippen LogP contribution is 2.24. The smallest absolute Gasteiger partial charge is 0.321 e. The van der Waals surface area contributed by atoms with E-state index in [1.54, 1.807) is 19.2 Å². The van der Waals surface area contributed by atoms with Gasteiger partial charge in [-0.2, -0.15) is 0 Å². The van der Waals surface area contributed by atoms with Crippen LogP contribution in [-0.2, 0) is 6.54 Å². The first-order valence-corrected chi connectivity index (χ1v) is 9.96. The van der Waals surface area contributed by atoms with Crippen molar-refractivity contribution in [2.45, 2.75) is 13.0 Å². The fourth-order valence-corrected chi connectivity index (χ4v) is 3.65. The number of nitrogens with one attached hydrogen (secondary N) is 1. The van der Waals surface area contributed by atoms with E-state index in [0.29, 0.717) is 42.0 Å². The Balaban J connectivity index is 1.36. The first-order chi connectivity index (χ1) is 14.1. The minimum atomic E-state index is -0.118. The Morgan fingerprint density at radius 3 is 2.93 bits per heavy atom. The number of urea groups is 1. The molecular weight excluding hydrogens is 392 g/mol. The van der Waals surface area contributed by atoms with Gasteiger partial charge in [0.1, 0.15) is 11.3 Å². The number of nitrogens with zero attached hydrogens (tertiary/aromatic N) is 3. The van der Waals surface area contributed by atoms with Crippen molar-refractivity contribution in [3.63, 3.8) is 0 Å². The van der Waals surface area contributed by atoms with Gasteiger partial charge in [0.05, 0.1) is 19.3 Å². The van der Waals surface area contributed by atoms with E-state index in [9.17, 15) is 4.79 Å². The SMILES string of the molecule is COc1ccccc1NC(=O)N1CCCN(Cc2nc3cc(Cl)ccc3o2)CC1. The van der Waals surface area contributed by atoms with E-state index < -0.39 is 0 Å². The normalized spacial score (nSPS) is 15.3. The van der Waals surface area contributed by atoms with Crippen molar-refractivity contribution in [3.05, 3.63) is 53.4 Å². The monoisotopic (exact) mass is 414 g/mol. The highest BCUT2D eigenvalue weighted by molar-refractivity contribution is 6.31. The van der Waals surface area contributed by atoms with Crippen LogP contribution in [0.3, 0.4) is 0 Å². The molecule has 152 valence electrons. The number of fused-ring (bicyclic) bond motifs is 1. The van der Waals surface area contributed by atoms with Crippen LogP contribution in [0.15, 0.2) is 46.9 Å². The Bertz CT molecular complexity index is 1010. The first kappa shape index (κ1) is 19.5. The summed E-state index contributed by atoms with van der Waals surface area (Å²) in [7, 11) is 1.59. The Kier molecular flexibility index (Phi) is 5.87. The number of ether oxygens (including phenoxy) is 1. The lowest BCUT2D eigenvalue weighted by Crippen LogP contribution is -2.38. The highest BCUT2D eigenvalue weighted by atomic mass is 35.5. The zero-order chi connectivity index (χ0) is 20.2. The van der Waals surface area contributed by atoms with Gasteiger partial charge in [0.15, 0.2) is 5.58 Å². The number of halogens is 1. The predicted molar refractivity (Wildman–Crippen MR) is 112 cm³/mol. The standard InChI is InChI=1S/C21H23ClN4O3/c1-28-18-6-3-2-5-16(18)24-21(27)26-10-4-9-25(11-12-26)14-20-23-17-13-15(22)7-8-19(17)29-20/h2-3,5-8,13H,4,9-12,14H2,1H3,(H,24,27). The number of methoxy groups -OCH3 is 1. The van der Waals surface area contributed by atoms with Crippen LogP contribution in [-0.4, -0.2) is 54.1 Å². The third-order valence-corrected chi connectivity index (χ3v) is 5.21. The summed E-state index contributed by atoms with van der Waals surface area (Å²) in [5.41, 5.74) is 2.17. The topological polar surface area (TPSA) is 70.8 Å². The van der Waals surface area contributed by atoms with Crippen LogP contribution >= 0.6 is 11.6 Å². The molecule has 3 aromatic rings. The average molecular weight is 415 g/mol. The van der Waals surface area contributed by atoms with Crippen LogP contribution in [0.25, 0.3) is 11.1 Å². The lowest BCUT2D eigenvalue weighted by molar-refractivity contribution is 0.209. The molecule has 1 saturated heterocycles. The minimum absolute atomic E-state index is 0.118. The fraction of sp³-hybridized carbons (Fsp3) is 0.333. The number of aromatic nitrogens is 1. The van der Waals surface area contributed by atoms with Gasteiger partial charge in [0.25, 0.3) is 0 Å². The summed E-state index contributed by atoms with van der Waals surface area (Å²) < 4.78 is 11.1. The summed E-state index contributed by atoms with van der Waals surface area (Å²) in [4.78, 5) is 21.3. The molecule has 2 aromatic carbocycles. The fourth-order valence-electron chi connectivity index (χ4n) is 3.48. The Morgan fingerprint density at radius 2 is 2.07 bits per heavy atom. The Hall–Kier alpha value is -2.77. The van der Waals surface area contributed by atoms with Gasteiger partial charge in [-0.15, -0.1) is 0 Å². The molecule has 0 unspecified atom stereocenters. The highest BCUT2D eigenvalue weighted by Gasteiger charge is 2.21. The number of hydrogen-bond acceptors (Lipinski definition) is 5. The van der Waals surface area contributed by atoms with E-state index in [1.807, 2.05) is 35.2 Å². The molecule has 0 radical (unpaired) electrons. The van der Waals surface area contributed by atoms with Crippen molar-refractivity contribution in [2.75, 3.05) is 38.6 Å². The van der Waals surface area contributed by atoms with Crippen molar-refractivity contribution in [1.29, 1.82) is 0 Å². The van der Waals surface area contributed by atoms with E-state index in [0.717, 1.165) is 30.6 Å². The van der Waals surface area contributed by atoms with Crippen molar-refractivity contribution in [1.82, 2.24) is 14.8 Å². The van der Waals surface area contributed by atoms with E-state index in [2.05, 4.69) is 15.2 Å². The number of benzene rings is 2. The van der Waals surface area contributed by atoms with E-state index in [1.165, 1.54) is 0 Å². The van der Waals surface area contributed by atoms with E-state index in [-0.39, 0.29) is 6.03 Å². The summed E-state index contributed by atoms with van der Waals surface area (Å²) in [6.07, 6.45) is 0.880. The molecule has 1 aromatic heterocycles. The van der Waals surface area contributed by atoms with Crippen LogP contribution in [0.2, 0.25) is 5.02 Å². The van der Waals surface area contributed by atoms with Gasteiger partial charge < -0.3 is 19.4 Å². The number of para-hydroxylation sites is 2. The van der Waals surface area contributed by atoms with Gasteiger partial charge in [0.2, 0.25) is 5.89 Å². The van der Waals surface area contributed by atoms with Gasteiger partial charge >= 0.3 is 6.03 Å². The number of carbonyl (C=O) groups is 1. The summed E-state index contributed by atoms with van der Waals surface area (Å²) >= 11 is 6.02. The number of hydrogen-bond donors (Lipinski definition) is 1. The van der Waals surface area contributed by atoms with Crippen LogP contribution in [0, 0.1) is 0 Å². The molecule has 1 aliphatic rings. The average Bonchev–Trinajstić information content (AvgIpc) is 2.96. The molecule has 0 saturated carbocycles. The predicted octanol–water partition coefficient (Wildman–Crippen LogP) is 4.23. The van der Waals surface area contributed by atoms with Crippen LogP contribution in [0.5, 0.6) is 5.75 Å². The molecule has 1 N–H and O–H groups in total. The van der Waals surface area contributed by atoms with Crippen molar-refractivity contribution in [2.24, 2.45) is 0 Å². The summed E-state index contributed by atoms with van der Waals surface area (Å²) in [6.45, 7) is 3.55. The number of rotatable bonds is 4. The van der Waals surface area contributed by atoms with Gasteiger partial charge in [-0.05, 0) is 36.8 Å². The maximum Gasteiger partial charge on any atom is 0.321 e. The number of anilines is 1. The molecule has 29 heavy (non-hydrogen) atoms. The molecule has 0 bridgehead atoms. The number of amides is 2. The number of carbonyl (C=O) groups excluding carboxylic acids is 1. The quantitative estimate of drug-likeness (QED) is 0.691. The van der Waals surface area contributed by atoms with Crippen molar-refractivity contribution < 1.29 is 13.9 Å². The second-order valence-corrected chi connectivity index (χ2v) is 7.40. The summed E-state index contributed by atoms with van der Waals surface area (Å²) in [6, 6.07) is 12.7. The molecule has 1 fully saturated rings. The summed E-state index contributed by atoms with van der Waals surface area (Å²) in [5.74, 6) is 1.31. The molecule has 1 aliphatic heterocycles. The number of oxazole rings is 1. The van der Waals surface area contributed by atoms with Crippen LogP contribution in [0.1, 0.15) is 12.3 Å².